The topological polar surface area (TPSA) is 184 Å². The highest BCUT2D eigenvalue weighted by Gasteiger charge is 2.29. The first-order valence-electron chi connectivity index (χ1n) is 16.1. The Morgan fingerprint density at radius 2 is 1.88 bits per heavy atom. The lowest BCUT2D eigenvalue weighted by molar-refractivity contribution is 0.00503. The first kappa shape index (κ1) is 35.4. The van der Waals surface area contributed by atoms with Crippen molar-refractivity contribution in [3.05, 3.63) is 41.8 Å². The number of anilines is 2. The molecule has 2 fully saturated rings. The van der Waals surface area contributed by atoms with E-state index in [1.165, 1.54) is 0 Å². The molecule has 260 valence electrons. The van der Waals surface area contributed by atoms with Gasteiger partial charge in [0.15, 0.2) is 9.84 Å². The minimum absolute atomic E-state index is 0.0116. The van der Waals surface area contributed by atoms with E-state index in [1.807, 2.05) is 16.9 Å². The number of ether oxygens (including phenoxy) is 3. The zero-order valence-corrected chi connectivity index (χ0v) is 28.8. The lowest BCUT2D eigenvalue weighted by atomic mass is 9.90. The first-order chi connectivity index (χ1) is 23.2. The lowest BCUT2D eigenvalue weighted by Crippen LogP contribution is -2.45. The molecule has 1 saturated carbocycles. The maximum absolute atomic E-state index is 12.1. The molecule has 2 aromatic heterocycles. The third-order valence-electron chi connectivity index (χ3n) is 8.59. The third-order valence-corrected chi connectivity index (χ3v) is 10.6. The Labute approximate surface area is 285 Å². The van der Waals surface area contributed by atoms with E-state index in [2.05, 4.69) is 25.4 Å². The number of halogens is 1. The van der Waals surface area contributed by atoms with E-state index in [4.69, 9.17) is 41.9 Å². The van der Waals surface area contributed by atoms with Crippen LogP contribution in [0.1, 0.15) is 45.6 Å². The highest BCUT2D eigenvalue weighted by molar-refractivity contribution is 7.91. The van der Waals surface area contributed by atoms with Crippen molar-refractivity contribution in [2.24, 2.45) is 5.22 Å². The van der Waals surface area contributed by atoms with Gasteiger partial charge in [-0.15, -0.1) is 5.10 Å². The van der Waals surface area contributed by atoms with Gasteiger partial charge in [0.05, 0.1) is 42.8 Å². The Balaban J connectivity index is 1.28. The van der Waals surface area contributed by atoms with Crippen molar-refractivity contribution in [1.82, 2.24) is 29.7 Å². The second-order valence-electron chi connectivity index (χ2n) is 11.9. The summed E-state index contributed by atoms with van der Waals surface area (Å²) in [5, 5.41) is 20.1. The predicted octanol–water partition coefficient (Wildman–Crippen LogP) is 4.99. The van der Waals surface area contributed by atoms with Crippen molar-refractivity contribution in [2.75, 3.05) is 56.3 Å². The molecule has 3 N–H and O–H groups in total. The minimum atomic E-state index is -3.20. The zero-order chi connectivity index (χ0) is 34.1. The van der Waals surface area contributed by atoms with E-state index in [0.29, 0.717) is 34.3 Å². The molecule has 1 aliphatic heterocycles. The molecule has 5 rings (SSSR count). The van der Waals surface area contributed by atoms with Crippen LogP contribution in [0.2, 0.25) is 5.02 Å². The average molecular weight is 703 g/mol. The van der Waals surface area contributed by atoms with E-state index in [-0.39, 0.29) is 30.7 Å². The fourth-order valence-electron chi connectivity index (χ4n) is 5.87. The molecular weight excluding hydrogens is 660 g/mol. The fraction of sp³-hybridized carbons (Fsp3) is 0.548. The summed E-state index contributed by atoms with van der Waals surface area (Å²) in [5.41, 5.74) is 9.19. The van der Waals surface area contributed by atoms with Crippen LogP contribution in [0.5, 0.6) is 11.6 Å². The van der Waals surface area contributed by atoms with E-state index < -0.39 is 15.9 Å². The quantitative estimate of drug-likeness (QED) is 0.0791. The van der Waals surface area contributed by atoms with Crippen LogP contribution in [-0.4, -0.2) is 108 Å². The summed E-state index contributed by atoms with van der Waals surface area (Å²) in [7, 11) is -3.20. The molecule has 2 aliphatic rings. The number of rotatable bonds is 16. The molecule has 1 aromatic carbocycles. The van der Waals surface area contributed by atoms with Gasteiger partial charge in [0.1, 0.15) is 30.5 Å². The van der Waals surface area contributed by atoms with Crippen molar-refractivity contribution in [1.29, 1.82) is 10.9 Å². The summed E-state index contributed by atoms with van der Waals surface area (Å²) in [6.07, 6.45) is 9.89. The number of benzene rings is 1. The van der Waals surface area contributed by atoms with Gasteiger partial charge in [0.2, 0.25) is 5.95 Å². The van der Waals surface area contributed by atoms with Gasteiger partial charge < -0.3 is 19.5 Å². The molecule has 1 aliphatic carbocycles. The number of nitrogens with zero attached hydrogens (tertiary/aromatic N) is 7. The van der Waals surface area contributed by atoms with Crippen molar-refractivity contribution >= 4 is 39.4 Å². The molecule has 1 atom stereocenters. The monoisotopic (exact) mass is 702 g/mol. The van der Waals surface area contributed by atoms with Gasteiger partial charge in [-0.2, -0.15) is 5.53 Å². The van der Waals surface area contributed by atoms with Gasteiger partial charge in [0, 0.05) is 42.8 Å². The van der Waals surface area contributed by atoms with E-state index >= 15 is 0 Å². The van der Waals surface area contributed by atoms with Crippen molar-refractivity contribution in [2.45, 2.75) is 57.7 Å². The molecule has 0 amide bonds. The molecular formula is C31H43ClN10O5S. The third kappa shape index (κ3) is 9.39. The standard InChI is InChI=1S/C31H43ClN10O5S/c1-3-48(43,44)15-14-46-30-28(20-42(38-30)26-7-5-25(6-8-26)40-10-12-45-13-11-40)37-31-35-17-24(18-36-31)23-4-9-27(32)29(16-23)47-22(2)19-41(21-33)39-34/h4,9,16-18,20-22,25-26,33-34H,3,5-8,10-15,19H2,1-2H3,(H,35,36,37)/t22-,25-,26-/m0/s1. The second-order valence-corrected chi connectivity index (χ2v) is 14.7. The van der Waals surface area contributed by atoms with Crippen LogP contribution in [0.15, 0.2) is 42.0 Å². The number of morpholine rings is 1. The zero-order valence-electron chi connectivity index (χ0n) is 27.2. The molecule has 1 saturated heterocycles. The summed E-state index contributed by atoms with van der Waals surface area (Å²) in [5.74, 6) is 1.02. The van der Waals surface area contributed by atoms with Gasteiger partial charge in [-0.05, 0) is 50.3 Å². The molecule has 17 heteroatoms. The molecule has 0 spiro atoms. The number of nitrogens with one attached hydrogen (secondary N) is 3. The molecule has 0 unspecified atom stereocenters. The largest absolute Gasteiger partial charge is 0.487 e. The minimum Gasteiger partial charge on any atom is -0.487 e. The number of hydrogen-bond donors (Lipinski definition) is 3. The van der Waals surface area contributed by atoms with E-state index in [9.17, 15) is 8.42 Å². The molecule has 0 radical (unpaired) electrons. The molecule has 3 heterocycles. The van der Waals surface area contributed by atoms with Crippen LogP contribution in [0.3, 0.4) is 0 Å². The maximum Gasteiger partial charge on any atom is 0.256 e. The second kappa shape index (κ2) is 16.5. The van der Waals surface area contributed by atoms with Gasteiger partial charge >= 0.3 is 0 Å². The van der Waals surface area contributed by atoms with Gasteiger partial charge in [-0.3, -0.25) is 15.0 Å². The smallest absolute Gasteiger partial charge is 0.256 e. The predicted molar refractivity (Wildman–Crippen MR) is 182 cm³/mol. The summed E-state index contributed by atoms with van der Waals surface area (Å²) in [4.78, 5) is 11.6. The number of hydrogen-bond acceptors (Lipinski definition) is 13. The summed E-state index contributed by atoms with van der Waals surface area (Å²) >= 11 is 6.39. The van der Waals surface area contributed by atoms with Crippen LogP contribution >= 0.6 is 11.6 Å². The van der Waals surface area contributed by atoms with E-state index in [1.54, 1.807) is 38.4 Å². The summed E-state index contributed by atoms with van der Waals surface area (Å²) < 4.78 is 43.5. The fourth-order valence-corrected chi connectivity index (χ4v) is 6.66. The number of sulfone groups is 1. The molecule has 0 bridgehead atoms. The Bertz CT molecular complexity index is 1620. The van der Waals surface area contributed by atoms with Crippen LogP contribution in [0.25, 0.3) is 11.1 Å². The van der Waals surface area contributed by atoms with Crippen LogP contribution in [-0.2, 0) is 14.6 Å². The Hall–Kier alpha value is -3.86. The Kier molecular flexibility index (Phi) is 12.2. The normalized spacial score (nSPS) is 19.3. The maximum atomic E-state index is 12.1. The van der Waals surface area contributed by atoms with Gasteiger partial charge in [0.25, 0.3) is 5.88 Å². The highest BCUT2D eigenvalue weighted by Crippen LogP contribution is 2.35. The summed E-state index contributed by atoms with van der Waals surface area (Å²) in [6.45, 7) is 7.15. The van der Waals surface area contributed by atoms with Crippen molar-refractivity contribution in [3.8, 4) is 22.8 Å². The van der Waals surface area contributed by atoms with E-state index in [0.717, 1.165) is 74.5 Å². The van der Waals surface area contributed by atoms with Crippen LogP contribution in [0.4, 0.5) is 11.6 Å². The average Bonchev–Trinajstić information content (AvgIpc) is 3.51. The Morgan fingerprint density at radius 1 is 1.17 bits per heavy atom. The SMILES string of the molecule is CCS(=O)(=O)CCOc1nn([C@H]2CC[C@H](N3CCOCC3)CC2)cc1Nc1ncc(-c2ccc(Cl)c(O[C@@H](C)CN(C=N)N=N)c2)cn1. The molecule has 15 nitrogen and oxygen atoms in total. The van der Waals surface area contributed by atoms with Gasteiger partial charge in [-0.1, -0.05) is 29.8 Å². The lowest BCUT2D eigenvalue weighted by Gasteiger charge is -2.38. The van der Waals surface area contributed by atoms with Crippen LogP contribution in [0, 0.1) is 10.9 Å². The molecule has 3 aromatic rings. The highest BCUT2D eigenvalue weighted by atomic mass is 35.5. The van der Waals surface area contributed by atoms with Crippen molar-refractivity contribution < 1.29 is 22.6 Å². The van der Waals surface area contributed by atoms with Crippen LogP contribution < -0.4 is 14.8 Å². The molecule has 48 heavy (non-hydrogen) atoms. The Morgan fingerprint density at radius 3 is 2.54 bits per heavy atom. The summed E-state index contributed by atoms with van der Waals surface area (Å²) in [6, 6.07) is 6.09. The van der Waals surface area contributed by atoms with Gasteiger partial charge in [-0.25, -0.2) is 23.4 Å². The van der Waals surface area contributed by atoms with Crippen molar-refractivity contribution in [3.63, 3.8) is 0 Å². The number of aromatic nitrogens is 4. The first-order valence-corrected chi connectivity index (χ1v) is 18.3.